The molecular weight excluding hydrogens is 116 g/mol. The van der Waals surface area contributed by atoms with E-state index in [-0.39, 0.29) is 6.42 Å². The van der Waals surface area contributed by atoms with E-state index in [0.717, 1.165) is 0 Å². The van der Waals surface area contributed by atoms with Crippen molar-refractivity contribution in [3.8, 4) is 6.07 Å². The van der Waals surface area contributed by atoms with Gasteiger partial charge in [-0.15, -0.1) is 0 Å². The van der Waals surface area contributed by atoms with E-state index in [1.54, 1.807) is 14.0 Å². The summed E-state index contributed by atoms with van der Waals surface area (Å²) in [4.78, 5) is 0. The minimum Gasteiger partial charge on any atom is -0.388 e. The molecule has 1 atom stereocenters. The average molecular weight is 128 g/mol. The molecule has 0 aliphatic rings. The number of nitriles is 1. The largest absolute Gasteiger partial charge is 0.388 e. The predicted molar refractivity (Wildman–Crippen MR) is 34.8 cm³/mol. The Bertz CT molecular complexity index is 115. The molecule has 0 aromatic rings. The Morgan fingerprint density at radius 2 is 2.33 bits per heavy atom. The highest BCUT2D eigenvalue weighted by Gasteiger charge is 2.17. The molecule has 0 aromatic carbocycles. The summed E-state index contributed by atoms with van der Waals surface area (Å²) in [5.74, 6) is 0. The molecule has 0 heterocycles. The summed E-state index contributed by atoms with van der Waals surface area (Å²) >= 11 is 0. The fourth-order valence-electron chi connectivity index (χ4n) is 0.614. The second kappa shape index (κ2) is 3.44. The summed E-state index contributed by atoms with van der Waals surface area (Å²) in [5, 5.41) is 20.2. The van der Waals surface area contributed by atoms with Gasteiger partial charge in [-0.3, -0.25) is 0 Å². The summed E-state index contributed by atoms with van der Waals surface area (Å²) in [6.07, 6.45) is 0.174. The van der Waals surface area contributed by atoms with Crippen LogP contribution in [0.5, 0.6) is 0 Å². The van der Waals surface area contributed by atoms with E-state index in [1.165, 1.54) is 0 Å². The Morgan fingerprint density at radius 3 is 2.67 bits per heavy atom. The van der Waals surface area contributed by atoms with Crippen LogP contribution in [0.3, 0.4) is 0 Å². The third kappa shape index (κ3) is 3.95. The molecule has 0 radical (unpaired) electrons. The van der Waals surface area contributed by atoms with Crippen LogP contribution in [0, 0.1) is 11.3 Å². The molecule has 0 amide bonds. The molecule has 0 bridgehead atoms. The maximum absolute atomic E-state index is 9.23. The lowest BCUT2D eigenvalue weighted by Gasteiger charge is -2.18. The van der Waals surface area contributed by atoms with Crippen molar-refractivity contribution in [1.82, 2.24) is 5.32 Å². The lowest BCUT2D eigenvalue weighted by Crippen LogP contribution is -2.35. The van der Waals surface area contributed by atoms with Crippen LogP contribution in [0.15, 0.2) is 0 Å². The predicted octanol–water partition coefficient (Wildman–Crippen LogP) is -0.130. The van der Waals surface area contributed by atoms with Gasteiger partial charge in [0.1, 0.15) is 0 Å². The van der Waals surface area contributed by atoms with Gasteiger partial charge in [-0.25, -0.2) is 0 Å². The van der Waals surface area contributed by atoms with Crippen LogP contribution in [0.2, 0.25) is 0 Å². The number of likely N-dealkylation sites (N-methyl/N-ethyl adjacent to an activating group) is 1. The highest BCUT2D eigenvalue weighted by atomic mass is 16.3. The van der Waals surface area contributed by atoms with Crippen molar-refractivity contribution in [2.45, 2.75) is 18.9 Å². The van der Waals surface area contributed by atoms with Crippen LogP contribution in [-0.2, 0) is 0 Å². The molecule has 0 spiro atoms. The van der Waals surface area contributed by atoms with Gasteiger partial charge in [0.25, 0.3) is 0 Å². The minimum absolute atomic E-state index is 0.174. The molecule has 0 rings (SSSR count). The summed E-state index contributed by atoms with van der Waals surface area (Å²) in [6.45, 7) is 2.09. The van der Waals surface area contributed by atoms with Gasteiger partial charge in [0.2, 0.25) is 0 Å². The first-order chi connectivity index (χ1) is 4.12. The molecular formula is C6H12N2O. The van der Waals surface area contributed by atoms with Gasteiger partial charge in [-0.2, -0.15) is 5.26 Å². The zero-order valence-corrected chi connectivity index (χ0v) is 5.81. The molecule has 0 saturated heterocycles. The Labute approximate surface area is 55.3 Å². The van der Waals surface area contributed by atoms with Crippen LogP contribution in [0.4, 0.5) is 0 Å². The Hall–Kier alpha value is -0.590. The van der Waals surface area contributed by atoms with Crippen molar-refractivity contribution < 1.29 is 5.11 Å². The van der Waals surface area contributed by atoms with Crippen LogP contribution >= 0.6 is 0 Å². The van der Waals surface area contributed by atoms with Gasteiger partial charge in [0.05, 0.1) is 18.1 Å². The number of aliphatic hydroxyl groups is 1. The number of hydrogen-bond acceptors (Lipinski definition) is 3. The molecule has 1 unspecified atom stereocenters. The number of hydrogen-bond donors (Lipinski definition) is 2. The molecule has 52 valence electrons. The molecule has 0 saturated carbocycles. The van der Waals surface area contributed by atoms with Crippen molar-refractivity contribution in [2.24, 2.45) is 0 Å². The topological polar surface area (TPSA) is 56.0 Å². The smallest absolute Gasteiger partial charge is 0.0872 e. The van der Waals surface area contributed by atoms with Crippen molar-refractivity contribution >= 4 is 0 Å². The summed E-state index contributed by atoms with van der Waals surface area (Å²) in [7, 11) is 1.74. The third-order valence-electron chi connectivity index (χ3n) is 1.02. The SMILES string of the molecule is CNCC(C)(O)CC#N. The average Bonchev–Trinajstić information content (AvgIpc) is 1.64. The summed E-state index contributed by atoms with van der Waals surface area (Å²) < 4.78 is 0. The zero-order valence-electron chi connectivity index (χ0n) is 5.81. The van der Waals surface area contributed by atoms with Crippen molar-refractivity contribution in [1.29, 1.82) is 5.26 Å². The van der Waals surface area contributed by atoms with E-state index in [0.29, 0.717) is 6.54 Å². The van der Waals surface area contributed by atoms with Crippen molar-refractivity contribution in [2.75, 3.05) is 13.6 Å². The Kier molecular flexibility index (Phi) is 3.21. The van der Waals surface area contributed by atoms with Crippen LogP contribution in [0.25, 0.3) is 0 Å². The molecule has 3 heteroatoms. The Balaban J connectivity index is 3.59. The fourth-order valence-corrected chi connectivity index (χ4v) is 0.614. The first-order valence-electron chi connectivity index (χ1n) is 2.86. The van der Waals surface area contributed by atoms with Gasteiger partial charge < -0.3 is 10.4 Å². The molecule has 3 nitrogen and oxygen atoms in total. The summed E-state index contributed by atoms with van der Waals surface area (Å²) in [6, 6.07) is 1.90. The van der Waals surface area contributed by atoms with E-state index in [2.05, 4.69) is 5.32 Å². The normalized spacial score (nSPS) is 16.2. The van der Waals surface area contributed by atoms with E-state index in [9.17, 15) is 5.11 Å². The third-order valence-corrected chi connectivity index (χ3v) is 1.02. The van der Waals surface area contributed by atoms with E-state index < -0.39 is 5.60 Å². The molecule has 0 aliphatic carbocycles. The van der Waals surface area contributed by atoms with E-state index in [4.69, 9.17) is 5.26 Å². The molecule has 0 fully saturated rings. The van der Waals surface area contributed by atoms with Crippen molar-refractivity contribution in [3.05, 3.63) is 0 Å². The van der Waals surface area contributed by atoms with Gasteiger partial charge in [0, 0.05) is 6.54 Å². The number of nitrogens with one attached hydrogen (secondary N) is 1. The lowest BCUT2D eigenvalue weighted by molar-refractivity contribution is 0.0668. The van der Waals surface area contributed by atoms with Crippen LogP contribution in [0.1, 0.15) is 13.3 Å². The fraction of sp³-hybridized carbons (Fsp3) is 0.833. The van der Waals surface area contributed by atoms with Gasteiger partial charge in [-0.05, 0) is 14.0 Å². The lowest BCUT2D eigenvalue weighted by atomic mass is 10.0. The maximum atomic E-state index is 9.23. The highest BCUT2D eigenvalue weighted by molar-refractivity contribution is 4.86. The number of nitrogens with zero attached hydrogens (tertiary/aromatic N) is 1. The molecule has 9 heavy (non-hydrogen) atoms. The van der Waals surface area contributed by atoms with E-state index >= 15 is 0 Å². The highest BCUT2D eigenvalue weighted by Crippen LogP contribution is 2.04. The maximum Gasteiger partial charge on any atom is 0.0872 e. The standard InChI is InChI=1S/C6H12N2O/c1-6(9,3-4-7)5-8-2/h8-9H,3,5H2,1-2H3. The Morgan fingerprint density at radius 1 is 1.78 bits per heavy atom. The number of rotatable bonds is 3. The second-order valence-corrected chi connectivity index (χ2v) is 2.36. The first kappa shape index (κ1) is 8.41. The van der Waals surface area contributed by atoms with E-state index in [1.807, 2.05) is 6.07 Å². The van der Waals surface area contributed by atoms with Crippen LogP contribution < -0.4 is 5.32 Å². The second-order valence-electron chi connectivity index (χ2n) is 2.36. The minimum atomic E-state index is -0.872. The van der Waals surface area contributed by atoms with Crippen LogP contribution in [-0.4, -0.2) is 24.3 Å². The van der Waals surface area contributed by atoms with Gasteiger partial charge in [0.15, 0.2) is 0 Å². The van der Waals surface area contributed by atoms with Crippen molar-refractivity contribution in [3.63, 3.8) is 0 Å². The quantitative estimate of drug-likeness (QED) is 0.556. The molecule has 0 aromatic heterocycles. The molecule has 2 N–H and O–H groups in total. The van der Waals surface area contributed by atoms with Gasteiger partial charge in [-0.1, -0.05) is 0 Å². The molecule has 0 aliphatic heterocycles. The van der Waals surface area contributed by atoms with Gasteiger partial charge >= 0.3 is 0 Å². The summed E-state index contributed by atoms with van der Waals surface area (Å²) in [5.41, 5.74) is -0.872. The monoisotopic (exact) mass is 128 g/mol. The first-order valence-corrected chi connectivity index (χ1v) is 2.86. The zero-order chi connectivity index (χ0) is 7.33.